The first-order valence-corrected chi connectivity index (χ1v) is 2.99. The molecule has 0 aliphatic carbocycles. The molecule has 12 heavy (non-hydrogen) atoms. The molecule has 0 amide bonds. The molecule has 0 aliphatic rings. The molecule has 56 valence electrons. The third-order valence-corrected chi connectivity index (χ3v) is 0.994. The number of hydrogen-bond donors (Lipinski definition) is 1. The molecular weight excluding hydrogens is 196 g/mol. The Hall–Kier alpha value is 3.47. The Kier molecular flexibility index (Phi) is 59.0. The Labute approximate surface area is 163 Å². The maximum absolute atomic E-state index is 9.87. The van der Waals surface area contributed by atoms with Crippen molar-refractivity contribution in [3.05, 3.63) is 0 Å². The van der Waals surface area contributed by atoms with Gasteiger partial charge in [-0.2, -0.15) is 0 Å². The average molecular weight is 212 g/mol. The number of rotatable bonds is 4. The van der Waals surface area contributed by atoms with Crippen molar-refractivity contribution >= 4 is 124 Å². The van der Waals surface area contributed by atoms with E-state index in [0.29, 0.717) is 6.42 Å². The van der Waals surface area contributed by atoms with Gasteiger partial charge in [0.05, 0.1) is 0 Å². The fourth-order valence-corrected chi connectivity index (χ4v) is 0.526. The maximum atomic E-state index is 9.87. The molecule has 0 aromatic rings. The van der Waals surface area contributed by atoms with Crippen LogP contribution in [0.2, 0.25) is 0 Å². The molecule has 0 saturated heterocycles. The van der Waals surface area contributed by atoms with Crippen molar-refractivity contribution < 1.29 is 9.90 Å². The van der Waals surface area contributed by atoms with Gasteiger partial charge in [-0.1, -0.05) is 19.8 Å². The van der Waals surface area contributed by atoms with Crippen molar-refractivity contribution in [2.75, 3.05) is 0 Å². The van der Waals surface area contributed by atoms with Crippen LogP contribution in [-0.4, -0.2) is 129 Å². The van der Waals surface area contributed by atoms with Crippen LogP contribution in [0.1, 0.15) is 32.6 Å². The van der Waals surface area contributed by atoms with Crippen LogP contribution in [0.25, 0.3) is 0 Å². The molecule has 0 fully saturated rings. The van der Waals surface area contributed by atoms with Gasteiger partial charge in [-0.25, -0.2) is 0 Å². The molecule has 0 unspecified atom stereocenters. The molecule has 0 aromatic heterocycles. The van der Waals surface area contributed by atoms with E-state index in [4.69, 9.17) is 5.11 Å². The van der Waals surface area contributed by atoms with E-state index in [1.165, 1.54) is 0 Å². The first-order valence-electron chi connectivity index (χ1n) is 2.99. The molecule has 0 spiro atoms. The molecule has 0 bridgehead atoms. The minimum absolute atomic E-state index is 0. The van der Waals surface area contributed by atoms with Gasteiger partial charge in [-0.15, -0.1) is 0 Å². The van der Waals surface area contributed by atoms with E-state index in [1.807, 2.05) is 0 Å². The normalized spacial score (nSPS) is 6.08. The predicted molar refractivity (Wildman–Crippen MR) is 60.4 cm³/mol. The Morgan fingerprint density at radius 2 is 1.50 bits per heavy atom. The third-order valence-electron chi connectivity index (χ3n) is 0.994. The molecule has 0 radical (unpaired) electrons. The van der Waals surface area contributed by atoms with E-state index in [9.17, 15) is 4.79 Å². The van der Waals surface area contributed by atoms with E-state index < -0.39 is 5.97 Å². The summed E-state index contributed by atoms with van der Waals surface area (Å²) in [6.07, 6.45) is 3.28. The number of carboxylic acid groups (broad SMARTS) is 1. The summed E-state index contributed by atoms with van der Waals surface area (Å²) in [6.45, 7) is 2.06. The van der Waals surface area contributed by atoms with Crippen LogP contribution in [0, 0.1) is 0 Å². The van der Waals surface area contributed by atoms with E-state index in [0.717, 1.165) is 19.3 Å². The Morgan fingerprint density at radius 3 is 1.75 bits per heavy atom. The predicted octanol–water partition coefficient (Wildman–Crippen LogP) is -0.943. The first kappa shape index (κ1) is 29.5. The Bertz CT molecular complexity index is 79.9. The van der Waals surface area contributed by atoms with Gasteiger partial charge in [0.25, 0.3) is 0 Å². The Morgan fingerprint density at radius 1 is 1.08 bits per heavy atom. The summed E-state index contributed by atoms with van der Waals surface area (Å²) in [6, 6.07) is 0. The van der Waals surface area contributed by atoms with Crippen LogP contribution >= 0.6 is 0 Å². The fourth-order valence-electron chi connectivity index (χ4n) is 0.526. The molecule has 0 atom stereocenters. The summed E-state index contributed by atoms with van der Waals surface area (Å²) in [5.74, 6) is -0.682. The Balaban J connectivity index is -0.0000000408. The number of carbonyl (C=O) groups is 1. The third kappa shape index (κ3) is 29.2. The first-order chi connectivity index (χ1) is 3.77. The summed E-state index contributed by atoms with van der Waals surface area (Å²) in [7, 11) is 0. The van der Waals surface area contributed by atoms with Crippen molar-refractivity contribution in [1.29, 1.82) is 0 Å². The van der Waals surface area contributed by atoms with E-state index in [-0.39, 0.29) is 118 Å². The SMILES string of the molecule is CCCCCC(=O)O.[NaH].[NaH].[NaH].[NaH]. The van der Waals surface area contributed by atoms with Gasteiger partial charge in [0.1, 0.15) is 0 Å². The molecule has 0 saturated carbocycles. The van der Waals surface area contributed by atoms with Gasteiger partial charge in [-0.05, 0) is 6.42 Å². The van der Waals surface area contributed by atoms with Crippen LogP contribution in [-0.2, 0) is 4.79 Å². The van der Waals surface area contributed by atoms with Gasteiger partial charge in [0, 0.05) is 6.42 Å². The van der Waals surface area contributed by atoms with Crippen LogP contribution < -0.4 is 0 Å². The average Bonchev–Trinajstić information content (AvgIpc) is 1.66. The number of unbranched alkanes of at least 4 members (excludes halogenated alkanes) is 2. The fraction of sp³-hybridized carbons (Fsp3) is 0.833. The van der Waals surface area contributed by atoms with Gasteiger partial charge < -0.3 is 5.11 Å². The van der Waals surface area contributed by atoms with Crippen molar-refractivity contribution in [3.8, 4) is 0 Å². The second-order valence-electron chi connectivity index (χ2n) is 1.85. The summed E-state index contributed by atoms with van der Waals surface area (Å²) < 4.78 is 0. The summed E-state index contributed by atoms with van der Waals surface area (Å²) in [5, 5.41) is 8.14. The summed E-state index contributed by atoms with van der Waals surface area (Å²) in [5.41, 5.74) is 0. The van der Waals surface area contributed by atoms with Gasteiger partial charge >= 0.3 is 124 Å². The van der Waals surface area contributed by atoms with E-state index in [1.54, 1.807) is 0 Å². The van der Waals surface area contributed by atoms with E-state index in [2.05, 4.69) is 6.92 Å². The van der Waals surface area contributed by atoms with Crippen molar-refractivity contribution in [1.82, 2.24) is 0 Å². The molecule has 6 heteroatoms. The number of aliphatic carboxylic acids is 1. The van der Waals surface area contributed by atoms with Crippen LogP contribution in [0.15, 0.2) is 0 Å². The van der Waals surface area contributed by atoms with Crippen molar-refractivity contribution in [2.45, 2.75) is 32.6 Å². The molecule has 0 rings (SSSR count). The molecule has 0 aromatic carbocycles. The zero-order valence-corrected chi connectivity index (χ0v) is 5.18. The quantitative estimate of drug-likeness (QED) is 0.482. The molecule has 2 nitrogen and oxygen atoms in total. The van der Waals surface area contributed by atoms with E-state index >= 15 is 0 Å². The topological polar surface area (TPSA) is 37.3 Å². The summed E-state index contributed by atoms with van der Waals surface area (Å²) in [4.78, 5) is 9.87. The number of hydrogen-bond acceptors (Lipinski definition) is 1. The number of carboxylic acids is 1. The monoisotopic (exact) mass is 212 g/mol. The van der Waals surface area contributed by atoms with Crippen molar-refractivity contribution in [3.63, 3.8) is 0 Å². The van der Waals surface area contributed by atoms with Crippen LogP contribution in [0.4, 0.5) is 0 Å². The van der Waals surface area contributed by atoms with Crippen LogP contribution in [0.3, 0.4) is 0 Å². The minimum atomic E-state index is -0.682. The zero-order chi connectivity index (χ0) is 6.41. The zero-order valence-electron chi connectivity index (χ0n) is 5.18. The molecule has 1 N–H and O–H groups in total. The van der Waals surface area contributed by atoms with Gasteiger partial charge in [0.2, 0.25) is 0 Å². The van der Waals surface area contributed by atoms with Crippen molar-refractivity contribution in [2.24, 2.45) is 0 Å². The van der Waals surface area contributed by atoms with Crippen LogP contribution in [0.5, 0.6) is 0 Å². The molecular formula is C6H16Na4O2. The second-order valence-corrected chi connectivity index (χ2v) is 1.85. The van der Waals surface area contributed by atoms with Gasteiger partial charge in [-0.3, -0.25) is 4.79 Å². The second kappa shape index (κ2) is 24.0. The molecule has 0 aliphatic heterocycles. The van der Waals surface area contributed by atoms with Gasteiger partial charge in [0.15, 0.2) is 0 Å². The standard InChI is InChI=1S/C6H12O2.4Na.4H/c1-2-3-4-5-6(7)8;;;;;;;;/h2-5H2,1H3,(H,7,8);;;;;;;;. The summed E-state index contributed by atoms with van der Waals surface area (Å²) >= 11 is 0. The molecule has 0 heterocycles.